The maximum atomic E-state index is 9.62. The van der Waals surface area contributed by atoms with Gasteiger partial charge in [-0.2, -0.15) is 0 Å². The van der Waals surface area contributed by atoms with Crippen LogP contribution in [0.25, 0.3) is 0 Å². The van der Waals surface area contributed by atoms with E-state index in [2.05, 4.69) is 43.4 Å². The van der Waals surface area contributed by atoms with Crippen LogP contribution >= 0.6 is 0 Å². The van der Waals surface area contributed by atoms with Crippen molar-refractivity contribution in [1.29, 1.82) is 0 Å². The van der Waals surface area contributed by atoms with Crippen LogP contribution in [0.1, 0.15) is 38.2 Å². The summed E-state index contributed by atoms with van der Waals surface area (Å²) in [6.07, 6.45) is 5.07. The number of hydrogen-bond acceptors (Lipinski definition) is 2. The van der Waals surface area contributed by atoms with Gasteiger partial charge in [-0.3, -0.25) is 0 Å². The van der Waals surface area contributed by atoms with Crippen molar-refractivity contribution in [3.63, 3.8) is 0 Å². The smallest absolute Gasteiger partial charge is 0.0658 e. The topological polar surface area (TPSA) is 32.3 Å². The summed E-state index contributed by atoms with van der Waals surface area (Å²) < 4.78 is 0. The normalized spacial score (nSPS) is 19.5. The number of aliphatic hydroxyl groups excluding tert-OH is 1. The first-order valence-electron chi connectivity index (χ1n) is 6.57. The molecule has 1 saturated carbocycles. The van der Waals surface area contributed by atoms with E-state index in [0.29, 0.717) is 0 Å². The largest absolute Gasteiger partial charge is 0.394 e. The zero-order valence-electron chi connectivity index (χ0n) is 10.9. The molecule has 1 aliphatic rings. The van der Waals surface area contributed by atoms with Crippen molar-refractivity contribution in [2.75, 3.05) is 11.9 Å². The highest BCUT2D eigenvalue weighted by molar-refractivity contribution is 5.47. The molecule has 2 heteroatoms. The van der Waals surface area contributed by atoms with E-state index in [-0.39, 0.29) is 12.1 Å². The van der Waals surface area contributed by atoms with E-state index in [1.807, 2.05) is 0 Å². The Morgan fingerprint density at radius 3 is 2.71 bits per heavy atom. The number of anilines is 1. The molecule has 0 amide bonds. The number of aliphatic hydroxyl groups is 1. The highest BCUT2D eigenvalue weighted by atomic mass is 16.3. The molecule has 2 rings (SSSR count). The van der Waals surface area contributed by atoms with Crippen LogP contribution in [0.3, 0.4) is 0 Å². The molecule has 0 heterocycles. The number of nitrogens with one attached hydrogen (secondary N) is 1. The van der Waals surface area contributed by atoms with Crippen molar-refractivity contribution in [1.82, 2.24) is 0 Å². The molecule has 1 aromatic carbocycles. The molecule has 0 aromatic heterocycles. The molecule has 0 radical (unpaired) electrons. The van der Waals surface area contributed by atoms with Crippen molar-refractivity contribution < 1.29 is 5.11 Å². The Morgan fingerprint density at radius 1 is 1.41 bits per heavy atom. The van der Waals surface area contributed by atoms with Crippen LogP contribution in [-0.2, 0) is 0 Å². The molecule has 2 N–H and O–H groups in total. The van der Waals surface area contributed by atoms with E-state index in [1.54, 1.807) is 0 Å². The van der Waals surface area contributed by atoms with Crippen LogP contribution < -0.4 is 5.32 Å². The van der Waals surface area contributed by atoms with E-state index >= 15 is 0 Å². The molecular formula is C15H23NO. The third-order valence-electron chi connectivity index (χ3n) is 3.78. The first-order chi connectivity index (χ1) is 8.11. The van der Waals surface area contributed by atoms with Gasteiger partial charge in [0.15, 0.2) is 0 Å². The van der Waals surface area contributed by atoms with Gasteiger partial charge >= 0.3 is 0 Å². The second-order valence-corrected chi connectivity index (χ2v) is 5.71. The molecule has 2 nitrogen and oxygen atoms in total. The van der Waals surface area contributed by atoms with Gasteiger partial charge in [-0.15, -0.1) is 0 Å². The van der Waals surface area contributed by atoms with Gasteiger partial charge in [-0.1, -0.05) is 31.4 Å². The molecule has 1 aliphatic carbocycles. The van der Waals surface area contributed by atoms with E-state index in [0.717, 1.165) is 18.0 Å². The summed E-state index contributed by atoms with van der Waals surface area (Å²) in [6, 6.07) is 8.35. The molecule has 1 fully saturated rings. The van der Waals surface area contributed by atoms with Crippen LogP contribution in [0.4, 0.5) is 5.69 Å². The molecule has 0 saturated heterocycles. The SMILES string of the molecule is Cc1cccc(NC(C)(CO)CC2CCC2)c1. The summed E-state index contributed by atoms with van der Waals surface area (Å²) >= 11 is 0. The average Bonchev–Trinajstić information content (AvgIpc) is 2.24. The summed E-state index contributed by atoms with van der Waals surface area (Å²) in [7, 11) is 0. The zero-order chi connectivity index (χ0) is 12.3. The van der Waals surface area contributed by atoms with Gasteiger partial charge in [0.05, 0.1) is 12.1 Å². The van der Waals surface area contributed by atoms with Crippen molar-refractivity contribution in [2.24, 2.45) is 5.92 Å². The molecule has 0 bridgehead atoms. The van der Waals surface area contributed by atoms with Gasteiger partial charge in [0.2, 0.25) is 0 Å². The van der Waals surface area contributed by atoms with Gasteiger partial charge in [0, 0.05) is 5.69 Å². The minimum Gasteiger partial charge on any atom is -0.394 e. The molecular weight excluding hydrogens is 210 g/mol. The van der Waals surface area contributed by atoms with E-state index in [4.69, 9.17) is 0 Å². The van der Waals surface area contributed by atoms with Crippen LogP contribution in [0, 0.1) is 12.8 Å². The summed E-state index contributed by atoms with van der Waals surface area (Å²) in [4.78, 5) is 0. The maximum Gasteiger partial charge on any atom is 0.0658 e. The van der Waals surface area contributed by atoms with Gasteiger partial charge in [-0.25, -0.2) is 0 Å². The fraction of sp³-hybridized carbons (Fsp3) is 0.600. The number of aryl methyl sites for hydroxylation is 1. The quantitative estimate of drug-likeness (QED) is 0.817. The molecule has 1 unspecified atom stereocenters. The number of rotatable bonds is 5. The molecule has 1 aromatic rings. The first kappa shape index (κ1) is 12.4. The standard InChI is InChI=1S/C15H23NO/c1-12-5-3-8-14(9-12)16-15(2,11-17)10-13-6-4-7-13/h3,5,8-9,13,16-17H,4,6-7,10-11H2,1-2H3. The Kier molecular flexibility index (Phi) is 3.72. The third-order valence-corrected chi connectivity index (χ3v) is 3.78. The van der Waals surface area contributed by atoms with E-state index < -0.39 is 0 Å². The van der Waals surface area contributed by atoms with Crippen LogP contribution in [0.2, 0.25) is 0 Å². The Balaban J connectivity index is 2.02. The zero-order valence-corrected chi connectivity index (χ0v) is 10.9. The molecule has 0 spiro atoms. The Labute approximate surface area is 104 Å². The monoisotopic (exact) mass is 233 g/mol. The Bertz CT molecular complexity index is 373. The Hall–Kier alpha value is -1.02. The summed E-state index contributed by atoms with van der Waals surface area (Å²) in [5.74, 6) is 0.796. The Morgan fingerprint density at radius 2 is 2.18 bits per heavy atom. The lowest BCUT2D eigenvalue weighted by atomic mass is 9.76. The predicted molar refractivity (Wildman–Crippen MR) is 72.3 cm³/mol. The van der Waals surface area contributed by atoms with Gasteiger partial charge in [-0.05, 0) is 43.9 Å². The summed E-state index contributed by atoms with van der Waals surface area (Å²) in [6.45, 7) is 4.40. The van der Waals surface area contributed by atoms with Gasteiger partial charge < -0.3 is 10.4 Å². The van der Waals surface area contributed by atoms with Crippen LogP contribution in [-0.4, -0.2) is 17.3 Å². The third kappa shape index (κ3) is 3.22. The van der Waals surface area contributed by atoms with E-state index in [9.17, 15) is 5.11 Å². The lowest BCUT2D eigenvalue weighted by Crippen LogP contribution is -2.41. The maximum absolute atomic E-state index is 9.62. The highest BCUT2D eigenvalue weighted by Crippen LogP contribution is 2.34. The summed E-state index contributed by atoms with van der Waals surface area (Å²) in [5.41, 5.74) is 2.18. The fourth-order valence-corrected chi connectivity index (χ4v) is 2.56. The second kappa shape index (κ2) is 5.09. The molecule has 1 atom stereocenters. The van der Waals surface area contributed by atoms with Crippen molar-refractivity contribution >= 4 is 5.69 Å². The minimum atomic E-state index is -0.182. The number of benzene rings is 1. The second-order valence-electron chi connectivity index (χ2n) is 5.71. The number of hydrogen-bond donors (Lipinski definition) is 2. The van der Waals surface area contributed by atoms with Gasteiger partial charge in [0.25, 0.3) is 0 Å². The van der Waals surface area contributed by atoms with Crippen LogP contribution in [0.5, 0.6) is 0 Å². The van der Waals surface area contributed by atoms with E-state index in [1.165, 1.54) is 24.8 Å². The highest BCUT2D eigenvalue weighted by Gasteiger charge is 2.30. The lowest BCUT2D eigenvalue weighted by molar-refractivity contribution is 0.168. The van der Waals surface area contributed by atoms with Gasteiger partial charge in [0.1, 0.15) is 0 Å². The van der Waals surface area contributed by atoms with Crippen LogP contribution in [0.15, 0.2) is 24.3 Å². The first-order valence-corrected chi connectivity index (χ1v) is 6.57. The molecule has 94 valence electrons. The molecule has 17 heavy (non-hydrogen) atoms. The molecule has 0 aliphatic heterocycles. The predicted octanol–water partition coefficient (Wildman–Crippen LogP) is 3.35. The van der Waals surface area contributed by atoms with Crippen molar-refractivity contribution in [3.05, 3.63) is 29.8 Å². The lowest BCUT2D eigenvalue weighted by Gasteiger charge is -2.37. The minimum absolute atomic E-state index is 0.182. The average molecular weight is 233 g/mol. The van der Waals surface area contributed by atoms with Crippen molar-refractivity contribution in [3.8, 4) is 0 Å². The van der Waals surface area contributed by atoms with Crippen molar-refractivity contribution in [2.45, 2.75) is 45.1 Å². The fourth-order valence-electron chi connectivity index (χ4n) is 2.56. The summed E-state index contributed by atoms with van der Waals surface area (Å²) in [5, 5.41) is 13.1.